The van der Waals surface area contributed by atoms with Gasteiger partial charge in [0.25, 0.3) is 0 Å². The number of carbonyl (C=O) groups is 2. The summed E-state index contributed by atoms with van der Waals surface area (Å²) in [6.07, 6.45) is 9.53. The SMILES string of the molecule is CCCCC(CC)COc1cc(C#Cc2ccc(C(=O)OCCCOC(=O)c3ccc(C#Cc4cc(OCC(CC)CCCC)cc5ccc(Br)nc45)cc3)cc2)c2nc(Br)ccc2c1. The molecule has 0 aliphatic heterocycles. The Morgan fingerprint density at radius 3 is 1.34 bits per heavy atom. The van der Waals surface area contributed by atoms with Crippen molar-refractivity contribution in [1.29, 1.82) is 0 Å². The fourth-order valence-corrected chi connectivity index (χ4v) is 7.78. The summed E-state index contributed by atoms with van der Waals surface area (Å²) in [5, 5.41) is 1.89. The lowest BCUT2D eigenvalue weighted by molar-refractivity contribution is 0.0396. The number of benzene rings is 4. The van der Waals surface area contributed by atoms with Crippen molar-refractivity contribution in [2.24, 2.45) is 11.8 Å². The Labute approximate surface area is 400 Å². The summed E-state index contributed by atoms with van der Waals surface area (Å²) >= 11 is 6.99. The maximum atomic E-state index is 12.8. The van der Waals surface area contributed by atoms with Gasteiger partial charge >= 0.3 is 11.9 Å². The van der Waals surface area contributed by atoms with Crippen LogP contribution in [-0.4, -0.2) is 48.3 Å². The van der Waals surface area contributed by atoms with Crippen LogP contribution in [0.4, 0.5) is 0 Å². The van der Waals surface area contributed by atoms with Crippen LogP contribution in [0.2, 0.25) is 0 Å². The van der Waals surface area contributed by atoms with Crippen molar-refractivity contribution in [2.45, 2.75) is 85.5 Å². The molecule has 6 rings (SSSR count). The number of aromatic nitrogens is 2. The minimum atomic E-state index is -0.468. The van der Waals surface area contributed by atoms with E-state index in [-0.39, 0.29) is 13.2 Å². The van der Waals surface area contributed by atoms with Crippen LogP contribution in [-0.2, 0) is 9.47 Å². The van der Waals surface area contributed by atoms with Crippen molar-refractivity contribution in [3.05, 3.63) is 140 Å². The molecule has 4 aromatic carbocycles. The first-order valence-electron chi connectivity index (χ1n) is 22.7. The molecule has 2 atom stereocenters. The molecular weight excluding hydrogens is 944 g/mol. The molecule has 2 unspecified atom stereocenters. The van der Waals surface area contributed by atoms with E-state index in [1.807, 2.05) is 48.5 Å². The fraction of sp³-hybridized carbons (Fsp3) is 0.345. The summed E-state index contributed by atoms with van der Waals surface area (Å²) < 4.78 is 24.9. The second-order valence-corrected chi connectivity index (χ2v) is 17.7. The first-order chi connectivity index (χ1) is 31.7. The molecule has 0 radical (unpaired) electrons. The highest BCUT2D eigenvalue weighted by Crippen LogP contribution is 2.28. The first-order valence-corrected chi connectivity index (χ1v) is 24.3. The van der Waals surface area contributed by atoms with Crippen molar-refractivity contribution in [3.8, 4) is 35.2 Å². The van der Waals surface area contributed by atoms with Crippen LogP contribution >= 0.6 is 31.9 Å². The molecule has 0 spiro atoms. The van der Waals surface area contributed by atoms with E-state index in [0.717, 1.165) is 90.4 Å². The van der Waals surface area contributed by atoms with Gasteiger partial charge in [-0.3, -0.25) is 0 Å². The van der Waals surface area contributed by atoms with Crippen LogP contribution in [0.3, 0.4) is 0 Å². The summed E-state index contributed by atoms with van der Waals surface area (Å²) in [5.74, 6) is 14.6. The number of nitrogens with zero attached hydrogens (tertiary/aromatic N) is 2. The number of fused-ring (bicyclic) bond motifs is 2. The van der Waals surface area contributed by atoms with Crippen LogP contribution in [0, 0.1) is 35.5 Å². The minimum absolute atomic E-state index is 0.0955. The molecule has 6 aromatic rings. The smallest absolute Gasteiger partial charge is 0.338 e. The number of halogens is 2. The van der Waals surface area contributed by atoms with Crippen LogP contribution in [0.5, 0.6) is 11.5 Å². The molecule has 0 fully saturated rings. The predicted octanol–water partition coefficient (Wildman–Crippen LogP) is 13.7. The average Bonchev–Trinajstić information content (AvgIpc) is 3.32. The van der Waals surface area contributed by atoms with Crippen LogP contribution in [0.15, 0.2) is 106 Å². The predicted molar refractivity (Wildman–Crippen MR) is 267 cm³/mol. The Bertz CT molecular complexity index is 2490. The molecule has 0 N–H and O–H groups in total. The highest BCUT2D eigenvalue weighted by atomic mass is 79.9. The van der Waals surface area contributed by atoms with E-state index >= 15 is 0 Å². The van der Waals surface area contributed by atoms with Crippen molar-refractivity contribution < 1.29 is 28.5 Å². The number of esters is 2. The number of hydrogen-bond acceptors (Lipinski definition) is 8. The Balaban J connectivity index is 0.985. The maximum Gasteiger partial charge on any atom is 0.338 e. The second-order valence-electron chi connectivity index (χ2n) is 16.1. The summed E-state index contributed by atoms with van der Waals surface area (Å²) in [6.45, 7) is 10.4. The van der Waals surface area contributed by atoms with E-state index in [2.05, 4.69) is 93.2 Å². The fourth-order valence-electron chi connectivity index (χ4n) is 7.16. The Hall–Kier alpha value is -5.68. The third-order valence-corrected chi connectivity index (χ3v) is 12.1. The number of hydrogen-bond donors (Lipinski definition) is 0. The molecular formula is C55H56Br2N2O6. The standard InChI is InChI=1S/C55H56Br2N2O6/c1-5-9-12-38(7-3)36-64-48-32-44(52-46(34-48)26-28-50(56)58-52)24-18-40-14-20-42(21-15-40)54(60)62-30-11-31-63-55(61)43-22-16-41(17-23-43)19-25-45-33-49(65-37-39(8-4)13-10-6-2)35-47-27-29-51(57)59-53(45)47/h14-17,20-23,26-29,32-35,38-39H,5-13,30-31,36-37H2,1-4H3. The van der Waals surface area contributed by atoms with Crippen molar-refractivity contribution >= 4 is 65.6 Å². The molecule has 0 aliphatic carbocycles. The Morgan fingerprint density at radius 2 is 0.954 bits per heavy atom. The largest absolute Gasteiger partial charge is 0.493 e. The van der Waals surface area contributed by atoms with Gasteiger partial charge in [0.1, 0.15) is 20.7 Å². The molecule has 0 saturated carbocycles. The lowest BCUT2D eigenvalue weighted by Gasteiger charge is -2.16. The van der Waals surface area contributed by atoms with E-state index in [4.69, 9.17) is 18.9 Å². The zero-order chi connectivity index (χ0) is 46.0. The number of unbranched alkanes of at least 4 members (excludes halogenated alkanes) is 2. The van der Waals surface area contributed by atoms with Gasteiger partial charge in [-0.25, -0.2) is 19.6 Å². The quantitative estimate of drug-likeness (QED) is 0.0323. The number of pyridine rings is 2. The highest BCUT2D eigenvalue weighted by Gasteiger charge is 2.13. The molecule has 2 heterocycles. The van der Waals surface area contributed by atoms with E-state index < -0.39 is 11.9 Å². The molecule has 0 amide bonds. The zero-order valence-electron chi connectivity index (χ0n) is 37.7. The normalized spacial score (nSPS) is 11.8. The topological polar surface area (TPSA) is 96.8 Å². The molecule has 10 heteroatoms. The van der Waals surface area contributed by atoms with Gasteiger partial charge in [0, 0.05) is 28.3 Å². The second kappa shape index (κ2) is 25.1. The third-order valence-electron chi connectivity index (χ3n) is 11.2. The molecule has 65 heavy (non-hydrogen) atoms. The number of ether oxygens (including phenoxy) is 4. The summed E-state index contributed by atoms with van der Waals surface area (Å²) in [4.78, 5) is 35.0. The van der Waals surface area contributed by atoms with Gasteiger partial charge in [0.05, 0.1) is 59.7 Å². The van der Waals surface area contributed by atoms with Gasteiger partial charge in [-0.1, -0.05) is 89.9 Å². The summed E-state index contributed by atoms with van der Waals surface area (Å²) in [5.41, 5.74) is 5.36. The summed E-state index contributed by atoms with van der Waals surface area (Å²) in [7, 11) is 0. The Morgan fingerprint density at radius 1 is 0.538 bits per heavy atom. The number of carbonyl (C=O) groups excluding carboxylic acids is 2. The van der Waals surface area contributed by atoms with Crippen molar-refractivity contribution in [1.82, 2.24) is 9.97 Å². The molecule has 0 bridgehead atoms. The van der Waals surface area contributed by atoms with Gasteiger partial charge in [-0.2, -0.15) is 0 Å². The lowest BCUT2D eigenvalue weighted by atomic mass is 10.0. The molecule has 8 nitrogen and oxygen atoms in total. The molecule has 2 aromatic heterocycles. The van der Waals surface area contributed by atoms with Crippen LogP contribution < -0.4 is 9.47 Å². The van der Waals surface area contributed by atoms with E-state index in [1.165, 1.54) is 25.7 Å². The van der Waals surface area contributed by atoms with Gasteiger partial charge < -0.3 is 18.9 Å². The summed E-state index contributed by atoms with van der Waals surface area (Å²) in [6, 6.07) is 29.7. The van der Waals surface area contributed by atoms with E-state index in [0.29, 0.717) is 42.6 Å². The maximum absolute atomic E-state index is 12.8. The highest BCUT2D eigenvalue weighted by molar-refractivity contribution is 9.10. The minimum Gasteiger partial charge on any atom is -0.493 e. The zero-order valence-corrected chi connectivity index (χ0v) is 40.9. The van der Waals surface area contributed by atoms with Crippen molar-refractivity contribution in [3.63, 3.8) is 0 Å². The molecule has 0 aliphatic rings. The number of rotatable bonds is 20. The molecule has 336 valence electrons. The van der Waals surface area contributed by atoms with Gasteiger partial charge in [-0.15, -0.1) is 0 Å². The van der Waals surface area contributed by atoms with Gasteiger partial charge in [0.15, 0.2) is 0 Å². The monoisotopic (exact) mass is 998 g/mol. The lowest BCUT2D eigenvalue weighted by Crippen LogP contribution is -2.11. The van der Waals surface area contributed by atoms with E-state index in [1.54, 1.807) is 48.5 Å². The van der Waals surface area contributed by atoms with Crippen LogP contribution in [0.1, 0.15) is 128 Å². The van der Waals surface area contributed by atoms with Crippen molar-refractivity contribution in [2.75, 3.05) is 26.4 Å². The molecule has 0 saturated heterocycles. The Kier molecular flexibility index (Phi) is 18.9. The van der Waals surface area contributed by atoms with E-state index in [9.17, 15) is 9.59 Å². The van der Waals surface area contributed by atoms with Gasteiger partial charge in [-0.05, 0) is 154 Å². The first kappa shape index (κ1) is 48.8. The average molecular weight is 1000 g/mol. The third kappa shape index (κ3) is 14.7. The van der Waals surface area contributed by atoms with Gasteiger partial charge in [0.2, 0.25) is 0 Å². The van der Waals surface area contributed by atoms with Crippen LogP contribution in [0.25, 0.3) is 21.8 Å².